The first kappa shape index (κ1) is 21.0. The Balaban J connectivity index is 1.51. The van der Waals surface area contributed by atoms with Crippen LogP contribution in [0.5, 0.6) is 5.88 Å². The molecule has 2 aromatic heterocycles. The zero-order chi connectivity index (χ0) is 22.8. The molecule has 10 heteroatoms. The number of para-hydroxylation sites is 1. The van der Waals surface area contributed by atoms with E-state index < -0.39 is 11.2 Å². The predicted octanol–water partition coefficient (Wildman–Crippen LogP) is 5.71. The van der Waals surface area contributed by atoms with E-state index >= 15 is 0 Å². The summed E-state index contributed by atoms with van der Waals surface area (Å²) in [6.45, 7) is 2.09. The first-order chi connectivity index (χ1) is 16.1. The summed E-state index contributed by atoms with van der Waals surface area (Å²) in [6.07, 6.45) is 0.312. The van der Waals surface area contributed by atoms with Crippen molar-refractivity contribution in [3.63, 3.8) is 0 Å². The van der Waals surface area contributed by atoms with Crippen molar-refractivity contribution in [2.24, 2.45) is 0 Å². The summed E-state index contributed by atoms with van der Waals surface area (Å²) in [5.74, 6) is 2.24. The van der Waals surface area contributed by atoms with Crippen LogP contribution in [0.3, 0.4) is 0 Å². The van der Waals surface area contributed by atoms with Crippen molar-refractivity contribution in [3.05, 3.63) is 76.5 Å². The third kappa shape index (κ3) is 4.24. The molecule has 3 heterocycles. The van der Waals surface area contributed by atoms with Gasteiger partial charge in [0.1, 0.15) is 5.76 Å². The van der Waals surface area contributed by atoms with Gasteiger partial charge in [0.15, 0.2) is 11.5 Å². The number of aromatic nitrogens is 3. The van der Waals surface area contributed by atoms with Crippen molar-refractivity contribution < 1.29 is 14.1 Å². The number of ether oxygens (including phenoxy) is 1. The number of nitrogens with zero attached hydrogens (tertiary/aromatic N) is 4. The molecule has 0 bridgehead atoms. The first-order valence-corrected chi connectivity index (χ1v) is 11.4. The SMILES string of the molecule is CCCSc1nnc2c(n1)O[C@H](c1ccc(-c3cccc([N+](=O)[O-])c3)o1)Nc1ccccc1-2. The maximum atomic E-state index is 11.1. The number of fused-ring (bicyclic) bond motifs is 3. The molecule has 9 nitrogen and oxygen atoms in total. The van der Waals surface area contributed by atoms with Gasteiger partial charge in [0.25, 0.3) is 5.69 Å². The van der Waals surface area contributed by atoms with Gasteiger partial charge in [0.05, 0.1) is 4.92 Å². The van der Waals surface area contributed by atoms with Crippen LogP contribution in [0.1, 0.15) is 25.3 Å². The Morgan fingerprint density at radius 1 is 1.12 bits per heavy atom. The average molecular weight is 462 g/mol. The molecule has 0 aliphatic carbocycles. The largest absolute Gasteiger partial charge is 0.455 e. The van der Waals surface area contributed by atoms with Gasteiger partial charge in [-0.15, -0.1) is 10.2 Å². The monoisotopic (exact) mass is 461 g/mol. The molecule has 0 unspecified atom stereocenters. The highest BCUT2D eigenvalue weighted by atomic mass is 32.2. The molecule has 0 radical (unpaired) electrons. The number of non-ortho nitro benzene ring substituents is 1. The van der Waals surface area contributed by atoms with Crippen LogP contribution in [0.15, 0.2) is 70.2 Å². The molecular weight excluding hydrogens is 442 g/mol. The molecule has 5 rings (SSSR count). The van der Waals surface area contributed by atoms with Crippen molar-refractivity contribution in [3.8, 4) is 28.5 Å². The smallest absolute Gasteiger partial charge is 0.270 e. The van der Waals surface area contributed by atoms with E-state index in [1.807, 2.05) is 24.3 Å². The van der Waals surface area contributed by atoms with Crippen LogP contribution >= 0.6 is 11.8 Å². The molecule has 1 aliphatic heterocycles. The van der Waals surface area contributed by atoms with E-state index in [0.29, 0.717) is 33.8 Å². The summed E-state index contributed by atoms with van der Waals surface area (Å²) >= 11 is 1.52. The number of hydrogen-bond acceptors (Lipinski definition) is 9. The molecule has 1 atom stereocenters. The second kappa shape index (κ2) is 8.91. The van der Waals surface area contributed by atoms with E-state index in [0.717, 1.165) is 23.4 Å². The quantitative estimate of drug-likeness (QED) is 0.219. The van der Waals surface area contributed by atoms with Gasteiger partial charge in [-0.1, -0.05) is 49.0 Å². The van der Waals surface area contributed by atoms with Gasteiger partial charge in [-0.05, 0) is 24.6 Å². The zero-order valence-electron chi connectivity index (χ0n) is 17.6. The highest BCUT2D eigenvalue weighted by molar-refractivity contribution is 7.99. The Hall–Kier alpha value is -3.92. The molecule has 166 valence electrons. The summed E-state index contributed by atoms with van der Waals surface area (Å²) in [6, 6.07) is 17.5. The Kier molecular flexibility index (Phi) is 5.66. The number of benzene rings is 2. The van der Waals surface area contributed by atoms with E-state index in [1.165, 1.54) is 23.9 Å². The molecule has 0 fully saturated rings. The summed E-state index contributed by atoms with van der Waals surface area (Å²) < 4.78 is 12.3. The van der Waals surface area contributed by atoms with E-state index in [-0.39, 0.29) is 5.69 Å². The third-order valence-corrected chi connectivity index (χ3v) is 6.04. The number of nitro groups is 1. The zero-order valence-corrected chi connectivity index (χ0v) is 18.4. The summed E-state index contributed by atoms with van der Waals surface area (Å²) in [4.78, 5) is 15.3. The van der Waals surface area contributed by atoms with E-state index in [9.17, 15) is 10.1 Å². The molecule has 4 aromatic rings. The lowest BCUT2D eigenvalue weighted by molar-refractivity contribution is -0.384. The number of anilines is 1. The van der Waals surface area contributed by atoms with Gasteiger partial charge in [-0.3, -0.25) is 10.1 Å². The standard InChI is InChI=1S/C23H19N5O4S/c1-2-12-33-23-25-22-20(26-27-23)16-8-3-4-9-17(16)24-21(32-22)19-11-10-18(31-19)14-6-5-7-15(13-14)28(29)30/h3-11,13,21,24H,2,12H2,1H3/t21-/m1/s1. The number of nitro benzene ring substituents is 1. The molecule has 1 N–H and O–H groups in total. The number of thioether (sulfide) groups is 1. The second-order valence-electron chi connectivity index (χ2n) is 7.29. The maximum absolute atomic E-state index is 11.1. The maximum Gasteiger partial charge on any atom is 0.270 e. The van der Waals surface area contributed by atoms with E-state index in [4.69, 9.17) is 9.15 Å². The minimum atomic E-state index is -0.680. The Labute approximate surface area is 193 Å². The van der Waals surface area contributed by atoms with Gasteiger partial charge < -0.3 is 14.5 Å². The fraction of sp³-hybridized carbons (Fsp3) is 0.174. The van der Waals surface area contributed by atoms with Crippen LogP contribution in [0, 0.1) is 10.1 Å². The van der Waals surface area contributed by atoms with Crippen molar-refractivity contribution in [2.45, 2.75) is 24.7 Å². The Morgan fingerprint density at radius 2 is 2.00 bits per heavy atom. The average Bonchev–Trinajstić information content (AvgIpc) is 3.27. The van der Waals surface area contributed by atoms with Crippen LogP contribution < -0.4 is 10.1 Å². The topological polar surface area (TPSA) is 116 Å². The highest BCUT2D eigenvalue weighted by Crippen LogP contribution is 2.40. The molecule has 0 saturated carbocycles. The minimum Gasteiger partial charge on any atom is -0.455 e. The number of hydrogen-bond donors (Lipinski definition) is 1. The minimum absolute atomic E-state index is 0.00275. The molecule has 2 aromatic carbocycles. The molecule has 0 saturated heterocycles. The van der Waals surface area contributed by atoms with Crippen molar-refractivity contribution >= 4 is 23.1 Å². The van der Waals surface area contributed by atoms with Crippen LogP contribution in [-0.2, 0) is 0 Å². The lowest BCUT2D eigenvalue weighted by Crippen LogP contribution is -2.16. The molecule has 1 aliphatic rings. The van der Waals surface area contributed by atoms with Gasteiger partial charge in [-0.25, -0.2) is 0 Å². The highest BCUT2D eigenvalue weighted by Gasteiger charge is 2.28. The van der Waals surface area contributed by atoms with Gasteiger partial charge in [0, 0.05) is 34.7 Å². The lowest BCUT2D eigenvalue weighted by Gasteiger charge is -2.16. The van der Waals surface area contributed by atoms with Crippen LogP contribution in [0.2, 0.25) is 0 Å². The van der Waals surface area contributed by atoms with Crippen LogP contribution in [0.25, 0.3) is 22.6 Å². The molecule has 33 heavy (non-hydrogen) atoms. The van der Waals surface area contributed by atoms with Gasteiger partial charge in [0.2, 0.25) is 17.3 Å². The summed E-state index contributed by atoms with van der Waals surface area (Å²) in [5.41, 5.74) is 2.78. The predicted molar refractivity (Wildman–Crippen MR) is 124 cm³/mol. The van der Waals surface area contributed by atoms with Crippen LogP contribution in [0.4, 0.5) is 11.4 Å². The summed E-state index contributed by atoms with van der Waals surface area (Å²) in [7, 11) is 0. The number of rotatable bonds is 6. The Morgan fingerprint density at radius 3 is 2.85 bits per heavy atom. The van der Waals surface area contributed by atoms with Gasteiger partial charge in [-0.2, -0.15) is 4.98 Å². The number of nitrogens with one attached hydrogen (secondary N) is 1. The van der Waals surface area contributed by atoms with Crippen molar-refractivity contribution in [2.75, 3.05) is 11.1 Å². The molecule has 0 amide bonds. The second-order valence-corrected chi connectivity index (χ2v) is 8.36. The number of furan rings is 1. The lowest BCUT2D eigenvalue weighted by atomic mass is 10.1. The fourth-order valence-electron chi connectivity index (χ4n) is 3.45. The fourth-order valence-corrected chi connectivity index (χ4v) is 4.08. The molecular formula is C23H19N5O4S. The van der Waals surface area contributed by atoms with Crippen LogP contribution in [-0.4, -0.2) is 25.9 Å². The van der Waals surface area contributed by atoms with Gasteiger partial charge >= 0.3 is 0 Å². The first-order valence-electron chi connectivity index (χ1n) is 10.4. The third-order valence-electron chi connectivity index (χ3n) is 5.00. The normalized spacial score (nSPS) is 14.4. The van der Waals surface area contributed by atoms with E-state index in [2.05, 4.69) is 27.4 Å². The van der Waals surface area contributed by atoms with Crippen molar-refractivity contribution in [1.29, 1.82) is 0 Å². The van der Waals surface area contributed by atoms with Crippen molar-refractivity contribution in [1.82, 2.24) is 15.2 Å². The molecule has 0 spiro atoms. The summed E-state index contributed by atoms with van der Waals surface area (Å²) in [5, 5.41) is 23.7. The Bertz CT molecular complexity index is 1330. The van der Waals surface area contributed by atoms with E-state index in [1.54, 1.807) is 24.3 Å².